The number of anilines is 1. The Bertz CT molecular complexity index is 1800. The van der Waals surface area contributed by atoms with E-state index >= 15 is 8.78 Å². The van der Waals surface area contributed by atoms with Crippen LogP contribution >= 0.6 is 0 Å². The number of aromatic amines is 1. The third-order valence-electron chi connectivity index (χ3n) is 9.64. The van der Waals surface area contributed by atoms with Gasteiger partial charge in [-0.1, -0.05) is 0 Å². The van der Waals surface area contributed by atoms with Crippen LogP contribution in [0.3, 0.4) is 0 Å². The minimum absolute atomic E-state index is 0.00254. The van der Waals surface area contributed by atoms with Gasteiger partial charge in [0, 0.05) is 36.7 Å². The molecule has 0 unspecified atom stereocenters. The highest BCUT2D eigenvalue weighted by Gasteiger charge is 2.49. The summed E-state index contributed by atoms with van der Waals surface area (Å²) in [5, 5.41) is 7.65. The monoisotopic (exact) mass is 623 g/mol. The van der Waals surface area contributed by atoms with Crippen molar-refractivity contribution in [2.45, 2.75) is 62.8 Å². The van der Waals surface area contributed by atoms with E-state index in [0.29, 0.717) is 61.0 Å². The number of H-pyrrole nitrogens is 1. The van der Waals surface area contributed by atoms with Crippen molar-refractivity contribution in [1.82, 2.24) is 30.0 Å². The van der Waals surface area contributed by atoms with E-state index in [1.165, 1.54) is 18.5 Å². The number of hydrogen-bond donors (Lipinski definition) is 1. The van der Waals surface area contributed by atoms with Crippen LogP contribution in [0.4, 0.5) is 23.8 Å². The van der Waals surface area contributed by atoms with Gasteiger partial charge >= 0.3 is 12.2 Å². The Morgan fingerprint density at radius 3 is 2.93 bits per heavy atom. The number of ether oxygens (including phenoxy) is 3. The molecule has 1 N–H and O–H groups in total. The lowest BCUT2D eigenvalue weighted by Gasteiger charge is -2.34. The number of alkyl halides is 1. The van der Waals surface area contributed by atoms with Gasteiger partial charge in [-0.25, -0.2) is 18.0 Å². The van der Waals surface area contributed by atoms with Crippen LogP contribution in [-0.2, 0) is 15.9 Å². The number of carbonyl (C=O) groups excluding carboxylic acids is 1. The number of pyridine rings is 1. The Morgan fingerprint density at radius 1 is 1.11 bits per heavy atom. The number of halogens is 3. The zero-order valence-electron chi connectivity index (χ0n) is 24.5. The Morgan fingerprint density at radius 2 is 2.02 bits per heavy atom. The lowest BCUT2D eigenvalue weighted by Crippen LogP contribution is -2.43. The largest absolute Gasteiger partial charge is 0.508 e. The van der Waals surface area contributed by atoms with Gasteiger partial charge in [0.1, 0.15) is 41.7 Å². The molecule has 0 radical (unpaired) electrons. The third kappa shape index (κ3) is 4.89. The molecule has 3 fully saturated rings. The summed E-state index contributed by atoms with van der Waals surface area (Å²) < 4.78 is 64.0. The number of carbonyl (C=O) groups is 1. The van der Waals surface area contributed by atoms with Gasteiger partial charge in [-0.3, -0.25) is 15.0 Å². The highest BCUT2D eigenvalue weighted by Crippen LogP contribution is 2.41. The molecule has 45 heavy (non-hydrogen) atoms. The van der Waals surface area contributed by atoms with E-state index in [0.717, 1.165) is 19.4 Å². The molecule has 5 aliphatic rings. The summed E-state index contributed by atoms with van der Waals surface area (Å²) in [6, 6.07) is 1.26. The van der Waals surface area contributed by atoms with E-state index < -0.39 is 35.6 Å². The summed E-state index contributed by atoms with van der Waals surface area (Å²) >= 11 is 0. The average Bonchev–Trinajstić information content (AvgIpc) is 3.72. The van der Waals surface area contributed by atoms with E-state index in [1.54, 1.807) is 0 Å². The molecule has 0 saturated carbocycles. The number of rotatable bonds is 3. The van der Waals surface area contributed by atoms with Crippen molar-refractivity contribution in [3.63, 3.8) is 0 Å². The molecular weight excluding hydrogens is 591 g/mol. The molecule has 14 heteroatoms. The maximum absolute atomic E-state index is 16.8. The Labute approximate surface area is 256 Å². The second-order valence-electron chi connectivity index (χ2n) is 12.5. The van der Waals surface area contributed by atoms with Crippen molar-refractivity contribution in [2.24, 2.45) is 0 Å². The van der Waals surface area contributed by atoms with Gasteiger partial charge in [0.25, 0.3) is 0 Å². The molecule has 3 aromatic heterocycles. The summed E-state index contributed by atoms with van der Waals surface area (Å²) in [6.45, 7) is 2.20. The summed E-state index contributed by atoms with van der Waals surface area (Å²) in [6.07, 6.45) is 4.62. The van der Waals surface area contributed by atoms with Crippen molar-refractivity contribution in [3.8, 4) is 17.3 Å². The SMILES string of the molecule is O=C1OCCCc2c(F)cc3[nH]ncc3c2-c2ncc3c(nc(OC[C@@]45CCCN4C[C@H](F)C5)nc3c2F)N2CCC[C@H](C2)O1. The molecule has 0 spiro atoms. The standard InChI is InChI=1S/C31H32F3N7O4/c32-17-11-31(6-3-8-41(31)14-17)16-44-29-37-26-21-12-35-27(25(26)34)24-19(22(33)10-23-20(24)13-36-39-23)5-2-9-43-30(42)45-18-4-1-7-40(15-18)28(21)38-29/h10,12-13,17-18H,1-9,11,14-16H2,(H,36,39)/t17-,18-,31+/m1/s1. The molecule has 5 aliphatic heterocycles. The second-order valence-corrected chi connectivity index (χ2v) is 12.5. The quantitative estimate of drug-likeness (QED) is 0.317. The van der Waals surface area contributed by atoms with Crippen LogP contribution in [0.5, 0.6) is 6.01 Å². The number of hydrogen-bond acceptors (Lipinski definition) is 10. The van der Waals surface area contributed by atoms with Gasteiger partial charge in [0.15, 0.2) is 5.82 Å². The summed E-state index contributed by atoms with van der Waals surface area (Å²) in [7, 11) is 0. The van der Waals surface area contributed by atoms with Gasteiger partial charge in [-0.15, -0.1) is 0 Å². The number of piperidine rings is 1. The minimum Gasteiger partial charge on any atom is -0.461 e. The van der Waals surface area contributed by atoms with Crippen molar-refractivity contribution in [2.75, 3.05) is 44.3 Å². The van der Waals surface area contributed by atoms with Crippen LogP contribution in [0.15, 0.2) is 18.5 Å². The molecule has 8 heterocycles. The smallest absolute Gasteiger partial charge is 0.461 e. The fraction of sp³-hybridized carbons (Fsp3) is 0.516. The van der Waals surface area contributed by atoms with E-state index in [4.69, 9.17) is 19.2 Å². The molecular formula is C31H32F3N7O4. The zero-order chi connectivity index (χ0) is 30.7. The van der Waals surface area contributed by atoms with Crippen molar-refractivity contribution in [1.29, 1.82) is 0 Å². The topological polar surface area (TPSA) is 119 Å². The van der Waals surface area contributed by atoms with Crippen LogP contribution < -0.4 is 9.64 Å². The number of aromatic nitrogens is 5. The molecule has 6 bridgehead atoms. The summed E-state index contributed by atoms with van der Waals surface area (Å²) in [5.74, 6) is -0.933. The first-order chi connectivity index (χ1) is 21.9. The highest BCUT2D eigenvalue weighted by molar-refractivity contribution is 5.99. The van der Waals surface area contributed by atoms with Crippen LogP contribution in [0.25, 0.3) is 33.1 Å². The molecule has 0 amide bonds. The first-order valence-corrected chi connectivity index (χ1v) is 15.5. The van der Waals surface area contributed by atoms with Crippen LogP contribution in [0.2, 0.25) is 0 Å². The number of benzene rings is 1. The van der Waals surface area contributed by atoms with E-state index in [1.807, 2.05) is 4.90 Å². The fourth-order valence-corrected chi connectivity index (χ4v) is 7.57. The highest BCUT2D eigenvalue weighted by atomic mass is 19.1. The van der Waals surface area contributed by atoms with Gasteiger partial charge in [0.2, 0.25) is 0 Å². The van der Waals surface area contributed by atoms with Gasteiger partial charge in [-0.05, 0) is 56.7 Å². The lowest BCUT2D eigenvalue weighted by molar-refractivity contribution is 0.0185. The van der Waals surface area contributed by atoms with Crippen LogP contribution in [-0.4, -0.2) is 93.4 Å². The molecule has 3 atom stereocenters. The second kappa shape index (κ2) is 11.0. The van der Waals surface area contributed by atoms with Gasteiger partial charge in [0.05, 0.1) is 35.8 Å². The number of fused-ring (bicyclic) bond motifs is 8. The minimum atomic E-state index is -0.933. The normalized spacial score (nSPS) is 25.5. The van der Waals surface area contributed by atoms with Crippen molar-refractivity contribution >= 4 is 33.8 Å². The Kier molecular flexibility index (Phi) is 6.91. The maximum Gasteiger partial charge on any atom is 0.508 e. The molecule has 11 nitrogen and oxygen atoms in total. The first kappa shape index (κ1) is 28.3. The van der Waals surface area contributed by atoms with Gasteiger partial charge < -0.3 is 19.1 Å². The predicted molar refractivity (Wildman–Crippen MR) is 157 cm³/mol. The van der Waals surface area contributed by atoms with E-state index in [2.05, 4.69) is 25.1 Å². The Hall–Kier alpha value is -4.20. The third-order valence-corrected chi connectivity index (χ3v) is 9.64. The molecule has 3 saturated heterocycles. The molecule has 236 valence electrons. The van der Waals surface area contributed by atoms with Crippen molar-refractivity contribution < 1.29 is 32.2 Å². The molecule has 0 aliphatic carbocycles. The molecule has 4 aromatic rings. The van der Waals surface area contributed by atoms with Gasteiger partial charge in [-0.2, -0.15) is 15.1 Å². The molecule has 9 rings (SSSR count). The molecule has 1 aromatic carbocycles. The van der Waals surface area contributed by atoms with E-state index in [-0.39, 0.29) is 54.4 Å². The van der Waals surface area contributed by atoms with Crippen molar-refractivity contribution in [3.05, 3.63) is 35.7 Å². The number of nitrogens with zero attached hydrogens (tertiary/aromatic N) is 6. The zero-order valence-corrected chi connectivity index (χ0v) is 24.5. The predicted octanol–water partition coefficient (Wildman–Crippen LogP) is 4.87. The van der Waals surface area contributed by atoms with E-state index in [9.17, 15) is 9.18 Å². The van der Waals surface area contributed by atoms with Crippen LogP contribution in [0, 0.1) is 11.6 Å². The number of nitrogens with one attached hydrogen (secondary N) is 1. The average molecular weight is 624 g/mol. The first-order valence-electron chi connectivity index (χ1n) is 15.5. The van der Waals surface area contributed by atoms with Crippen LogP contribution in [0.1, 0.15) is 44.1 Å². The summed E-state index contributed by atoms with van der Waals surface area (Å²) in [5.41, 5.74) is 0.274. The lowest BCUT2D eigenvalue weighted by atomic mass is 9.95. The fourth-order valence-electron chi connectivity index (χ4n) is 7.57. The maximum atomic E-state index is 16.8. The Balaban J connectivity index is 1.29. The summed E-state index contributed by atoms with van der Waals surface area (Å²) in [4.78, 5) is 30.4.